The number of hydrogen-bond donors (Lipinski definition) is 2. The molecule has 0 aliphatic carbocycles. The molecule has 1 heterocycles. The molecule has 3 heteroatoms. The summed E-state index contributed by atoms with van der Waals surface area (Å²) in [5.74, 6) is 0.923. The van der Waals surface area contributed by atoms with Crippen molar-refractivity contribution in [2.75, 3.05) is 11.9 Å². The van der Waals surface area contributed by atoms with Crippen LogP contribution in [0.4, 0.5) is 5.82 Å². The van der Waals surface area contributed by atoms with Gasteiger partial charge in [0, 0.05) is 18.0 Å². The Morgan fingerprint density at radius 3 is 2.88 bits per heavy atom. The SMILES string of the molecule is CCC(N)CCNc1ccc2ccccc2n1. The van der Waals surface area contributed by atoms with Gasteiger partial charge in [-0.25, -0.2) is 4.98 Å². The highest BCUT2D eigenvalue weighted by Crippen LogP contribution is 2.14. The fourth-order valence-electron chi connectivity index (χ4n) is 1.75. The molecule has 0 amide bonds. The van der Waals surface area contributed by atoms with Gasteiger partial charge in [-0.15, -0.1) is 0 Å². The molecule has 0 saturated carbocycles. The molecule has 0 radical (unpaired) electrons. The highest BCUT2D eigenvalue weighted by Gasteiger charge is 2.00. The smallest absolute Gasteiger partial charge is 0.126 e. The lowest BCUT2D eigenvalue weighted by Crippen LogP contribution is -2.22. The Labute approximate surface area is 102 Å². The average molecular weight is 229 g/mol. The monoisotopic (exact) mass is 229 g/mol. The number of pyridine rings is 1. The van der Waals surface area contributed by atoms with Gasteiger partial charge in [0.25, 0.3) is 0 Å². The van der Waals surface area contributed by atoms with Crippen molar-refractivity contribution in [3.05, 3.63) is 36.4 Å². The number of aromatic nitrogens is 1. The van der Waals surface area contributed by atoms with Gasteiger partial charge in [0.2, 0.25) is 0 Å². The molecule has 1 aromatic heterocycles. The fraction of sp³-hybridized carbons (Fsp3) is 0.357. The molecule has 2 aromatic rings. The summed E-state index contributed by atoms with van der Waals surface area (Å²) in [6.07, 6.45) is 2.00. The number of nitrogens with two attached hydrogens (primary N) is 1. The topological polar surface area (TPSA) is 50.9 Å². The van der Waals surface area contributed by atoms with Crippen molar-refractivity contribution in [3.8, 4) is 0 Å². The predicted octanol–water partition coefficient (Wildman–Crippen LogP) is 2.77. The van der Waals surface area contributed by atoms with Crippen molar-refractivity contribution in [3.63, 3.8) is 0 Å². The van der Waals surface area contributed by atoms with Crippen LogP contribution < -0.4 is 11.1 Å². The van der Waals surface area contributed by atoms with E-state index in [2.05, 4.69) is 29.4 Å². The number of benzene rings is 1. The zero-order valence-corrected chi connectivity index (χ0v) is 10.2. The number of nitrogens with one attached hydrogen (secondary N) is 1. The highest BCUT2D eigenvalue weighted by atomic mass is 15.0. The van der Waals surface area contributed by atoms with Gasteiger partial charge in [0.05, 0.1) is 5.52 Å². The molecular weight excluding hydrogens is 210 g/mol. The van der Waals surface area contributed by atoms with Crippen LogP contribution in [0.1, 0.15) is 19.8 Å². The Hall–Kier alpha value is -1.61. The van der Waals surface area contributed by atoms with E-state index in [1.165, 1.54) is 5.39 Å². The normalized spacial score (nSPS) is 12.6. The summed E-state index contributed by atoms with van der Waals surface area (Å²) in [7, 11) is 0. The number of para-hydroxylation sites is 1. The van der Waals surface area contributed by atoms with Crippen molar-refractivity contribution in [1.29, 1.82) is 0 Å². The van der Waals surface area contributed by atoms with Crippen molar-refractivity contribution in [2.45, 2.75) is 25.8 Å². The number of anilines is 1. The van der Waals surface area contributed by atoms with Gasteiger partial charge >= 0.3 is 0 Å². The van der Waals surface area contributed by atoms with Crippen molar-refractivity contribution in [1.82, 2.24) is 4.98 Å². The number of rotatable bonds is 5. The molecule has 3 N–H and O–H groups in total. The second kappa shape index (κ2) is 5.64. The molecule has 90 valence electrons. The maximum Gasteiger partial charge on any atom is 0.126 e. The first-order valence-electron chi connectivity index (χ1n) is 6.15. The Bertz CT molecular complexity index is 482. The van der Waals surface area contributed by atoms with Gasteiger partial charge in [-0.3, -0.25) is 0 Å². The van der Waals surface area contributed by atoms with Crippen molar-refractivity contribution < 1.29 is 0 Å². The van der Waals surface area contributed by atoms with E-state index in [4.69, 9.17) is 5.73 Å². The zero-order chi connectivity index (χ0) is 12.1. The Morgan fingerprint density at radius 2 is 2.06 bits per heavy atom. The molecule has 0 aliphatic heterocycles. The maximum atomic E-state index is 5.87. The molecule has 0 bridgehead atoms. The first kappa shape index (κ1) is 11.9. The van der Waals surface area contributed by atoms with Crippen LogP contribution in [0.25, 0.3) is 10.9 Å². The van der Waals surface area contributed by atoms with Crippen LogP contribution in [-0.4, -0.2) is 17.6 Å². The third-order valence-corrected chi connectivity index (χ3v) is 2.94. The van der Waals surface area contributed by atoms with E-state index in [1.54, 1.807) is 0 Å². The summed E-state index contributed by atoms with van der Waals surface area (Å²) in [6, 6.07) is 12.5. The Morgan fingerprint density at radius 1 is 1.24 bits per heavy atom. The van der Waals surface area contributed by atoms with Gasteiger partial charge in [0.1, 0.15) is 5.82 Å². The minimum Gasteiger partial charge on any atom is -0.370 e. The van der Waals surface area contributed by atoms with Gasteiger partial charge in [-0.2, -0.15) is 0 Å². The summed E-state index contributed by atoms with van der Waals surface area (Å²) in [5, 5.41) is 4.48. The molecule has 3 nitrogen and oxygen atoms in total. The number of nitrogens with zero attached hydrogens (tertiary/aromatic N) is 1. The van der Waals surface area contributed by atoms with Crippen LogP contribution in [0.15, 0.2) is 36.4 Å². The van der Waals surface area contributed by atoms with Crippen LogP contribution in [0.5, 0.6) is 0 Å². The van der Waals surface area contributed by atoms with E-state index in [-0.39, 0.29) is 6.04 Å². The standard InChI is InChI=1S/C14H19N3/c1-2-12(15)9-10-16-14-8-7-11-5-3-4-6-13(11)17-14/h3-8,12H,2,9-10,15H2,1H3,(H,16,17). The van der Waals surface area contributed by atoms with Crippen LogP contribution in [0.2, 0.25) is 0 Å². The number of fused-ring (bicyclic) bond motifs is 1. The molecule has 0 saturated heterocycles. The van der Waals surface area contributed by atoms with Crippen molar-refractivity contribution in [2.24, 2.45) is 5.73 Å². The molecule has 2 rings (SSSR count). The van der Waals surface area contributed by atoms with E-state index in [9.17, 15) is 0 Å². The second-order valence-electron chi connectivity index (χ2n) is 4.27. The number of hydrogen-bond acceptors (Lipinski definition) is 3. The molecule has 0 fully saturated rings. The van der Waals surface area contributed by atoms with E-state index < -0.39 is 0 Å². The van der Waals surface area contributed by atoms with Gasteiger partial charge in [-0.1, -0.05) is 25.1 Å². The van der Waals surface area contributed by atoms with E-state index in [0.717, 1.165) is 30.7 Å². The van der Waals surface area contributed by atoms with Crippen molar-refractivity contribution >= 4 is 16.7 Å². The Balaban J connectivity index is 1.99. The first-order valence-corrected chi connectivity index (χ1v) is 6.15. The summed E-state index contributed by atoms with van der Waals surface area (Å²) in [6.45, 7) is 2.99. The third kappa shape index (κ3) is 3.17. The summed E-state index contributed by atoms with van der Waals surface area (Å²) < 4.78 is 0. The molecule has 1 atom stereocenters. The van der Waals surface area contributed by atoms with E-state index in [0.29, 0.717) is 0 Å². The first-order chi connectivity index (χ1) is 8.29. The largest absolute Gasteiger partial charge is 0.370 e. The second-order valence-corrected chi connectivity index (χ2v) is 4.27. The lowest BCUT2D eigenvalue weighted by molar-refractivity contribution is 0.613. The lowest BCUT2D eigenvalue weighted by Gasteiger charge is -2.10. The van der Waals surface area contributed by atoms with Gasteiger partial charge in [0.15, 0.2) is 0 Å². The van der Waals surface area contributed by atoms with E-state index >= 15 is 0 Å². The van der Waals surface area contributed by atoms with Crippen LogP contribution in [-0.2, 0) is 0 Å². The van der Waals surface area contributed by atoms with Crippen LogP contribution in [0.3, 0.4) is 0 Å². The van der Waals surface area contributed by atoms with E-state index in [1.807, 2.05) is 24.3 Å². The lowest BCUT2D eigenvalue weighted by atomic mass is 10.2. The minimum absolute atomic E-state index is 0.281. The predicted molar refractivity (Wildman–Crippen MR) is 73.1 cm³/mol. The Kier molecular flexibility index (Phi) is 3.94. The van der Waals surface area contributed by atoms with Gasteiger partial charge < -0.3 is 11.1 Å². The minimum atomic E-state index is 0.281. The summed E-state index contributed by atoms with van der Waals surface area (Å²) >= 11 is 0. The molecule has 17 heavy (non-hydrogen) atoms. The quantitative estimate of drug-likeness (QED) is 0.829. The third-order valence-electron chi connectivity index (χ3n) is 2.94. The maximum absolute atomic E-state index is 5.87. The van der Waals surface area contributed by atoms with Gasteiger partial charge in [-0.05, 0) is 31.0 Å². The molecular formula is C14H19N3. The molecule has 1 aromatic carbocycles. The summed E-state index contributed by atoms with van der Waals surface area (Å²) in [4.78, 5) is 4.55. The molecule has 0 spiro atoms. The van der Waals surface area contributed by atoms with Crippen LogP contribution in [0, 0.1) is 0 Å². The van der Waals surface area contributed by atoms with Crippen LogP contribution >= 0.6 is 0 Å². The highest BCUT2D eigenvalue weighted by molar-refractivity contribution is 5.79. The molecule has 1 unspecified atom stereocenters. The molecule has 0 aliphatic rings. The zero-order valence-electron chi connectivity index (χ0n) is 10.2. The summed E-state index contributed by atoms with van der Waals surface area (Å²) in [5.41, 5.74) is 6.89. The average Bonchev–Trinajstić information content (AvgIpc) is 2.38. The fourth-order valence-corrected chi connectivity index (χ4v) is 1.75.